The number of nitrogens with one attached hydrogen (secondary N) is 1. The SMILES string of the molecule is Cc1cc(C)cc(NC(=O)COC(=O)[C@@H]2CC(=O)N(c3ccc(C)c(Cl)c3)C2)c1. The Balaban J connectivity index is 1.55. The monoisotopic (exact) mass is 414 g/mol. The fourth-order valence-electron chi connectivity index (χ4n) is 3.36. The number of nitrogens with zero attached hydrogens (tertiary/aromatic N) is 1. The number of hydrogen-bond donors (Lipinski definition) is 1. The van der Waals surface area contributed by atoms with E-state index in [1.165, 1.54) is 4.90 Å². The molecule has 1 N–H and O–H groups in total. The first-order valence-corrected chi connectivity index (χ1v) is 9.72. The van der Waals surface area contributed by atoms with Crippen molar-refractivity contribution in [3.05, 3.63) is 58.1 Å². The number of carbonyl (C=O) groups is 3. The largest absolute Gasteiger partial charge is 0.455 e. The normalized spacial score (nSPS) is 16.1. The van der Waals surface area contributed by atoms with Crippen molar-refractivity contribution in [1.82, 2.24) is 0 Å². The summed E-state index contributed by atoms with van der Waals surface area (Å²) in [6.07, 6.45) is 0.0447. The predicted octanol–water partition coefficient (Wildman–Crippen LogP) is 3.80. The molecule has 1 heterocycles. The first-order chi connectivity index (χ1) is 13.7. The minimum atomic E-state index is -0.614. The van der Waals surface area contributed by atoms with Crippen molar-refractivity contribution in [2.75, 3.05) is 23.4 Å². The summed E-state index contributed by atoms with van der Waals surface area (Å²) in [7, 11) is 0. The van der Waals surface area contributed by atoms with E-state index in [0.717, 1.165) is 16.7 Å². The lowest BCUT2D eigenvalue weighted by Gasteiger charge is -2.17. The van der Waals surface area contributed by atoms with Gasteiger partial charge in [-0.2, -0.15) is 0 Å². The smallest absolute Gasteiger partial charge is 0.311 e. The Kier molecular flexibility index (Phi) is 6.23. The first kappa shape index (κ1) is 20.9. The van der Waals surface area contributed by atoms with Gasteiger partial charge in [0.25, 0.3) is 5.91 Å². The van der Waals surface area contributed by atoms with E-state index in [4.69, 9.17) is 16.3 Å². The van der Waals surface area contributed by atoms with Crippen molar-refractivity contribution >= 4 is 40.8 Å². The molecule has 2 aromatic rings. The number of hydrogen-bond acceptors (Lipinski definition) is 4. The summed E-state index contributed by atoms with van der Waals surface area (Å²) in [6, 6.07) is 11.0. The van der Waals surface area contributed by atoms with Crippen LogP contribution in [0.25, 0.3) is 0 Å². The molecular weight excluding hydrogens is 392 g/mol. The third kappa shape index (κ3) is 5.15. The van der Waals surface area contributed by atoms with Gasteiger partial charge >= 0.3 is 5.97 Å². The van der Waals surface area contributed by atoms with Gasteiger partial charge in [-0.3, -0.25) is 14.4 Å². The minimum Gasteiger partial charge on any atom is -0.455 e. The summed E-state index contributed by atoms with van der Waals surface area (Å²) >= 11 is 6.14. The molecule has 1 atom stereocenters. The van der Waals surface area contributed by atoms with Crippen LogP contribution in [0.15, 0.2) is 36.4 Å². The average Bonchev–Trinajstić information content (AvgIpc) is 3.03. The molecule has 0 bridgehead atoms. The highest BCUT2D eigenvalue weighted by molar-refractivity contribution is 6.31. The van der Waals surface area contributed by atoms with Gasteiger partial charge in [0, 0.05) is 29.4 Å². The highest BCUT2D eigenvalue weighted by Crippen LogP contribution is 2.29. The summed E-state index contributed by atoms with van der Waals surface area (Å²) in [4.78, 5) is 38.3. The van der Waals surface area contributed by atoms with Crippen LogP contribution in [0, 0.1) is 26.7 Å². The van der Waals surface area contributed by atoms with Crippen LogP contribution in [0.4, 0.5) is 11.4 Å². The first-order valence-electron chi connectivity index (χ1n) is 9.34. The molecule has 6 nitrogen and oxygen atoms in total. The summed E-state index contributed by atoms with van der Waals surface area (Å²) in [5.74, 6) is -1.77. The quantitative estimate of drug-likeness (QED) is 0.755. The fraction of sp³-hybridized carbons (Fsp3) is 0.318. The number of ether oxygens (including phenoxy) is 1. The molecule has 29 heavy (non-hydrogen) atoms. The zero-order valence-corrected chi connectivity index (χ0v) is 17.4. The van der Waals surface area contributed by atoms with E-state index in [0.29, 0.717) is 16.4 Å². The van der Waals surface area contributed by atoms with Crippen LogP contribution in [-0.4, -0.2) is 30.9 Å². The molecule has 0 spiro atoms. The lowest BCUT2D eigenvalue weighted by atomic mass is 10.1. The Morgan fingerprint density at radius 2 is 1.83 bits per heavy atom. The van der Waals surface area contributed by atoms with E-state index < -0.39 is 24.4 Å². The molecular formula is C22H23ClN2O4. The van der Waals surface area contributed by atoms with Gasteiger partial charge in [0.15, 0.2) is 6.61 Å². The molecule has 2 aromatic carbocycles. The second-order valence-corrected chi connectivity index (χ2v) is 7.78. The summed E-state index contributed by atoms with van der Waals surface area (Å²) < 4.78 is 5.14. The number of anilines is 2. The van der Waals surface area contributed by atoms with E-state index in [9.17, 15) is 14.4 Å². The standard InChI is InChI=1S/C22H23ClN2O4/c1-13-6-14(2)8-17(7-13)24-20(26)12-29-22(28)16-9-21(27)25(11-16)18-5-4-15(3)19(23)10-18/h4-8,10,16H,9,11-12H2,1-3H3,(H,24,26)/t16-/m1/s1. The van der Waals surface area contributed by atoms with Crippen molar-refractivity contribution in [3.63, 3.8) is 0 Å². The number of rotatable bonds is 5. The van der Waals surface area contributed by atoms with E-state index in [2.05, 4.69) is 5.32 Å². The molecule has 2 amide bonds. The van der Waals surface area contributed by atoms with Crippen molar-refractivity contribution < 1.29 is 19.1 Å². The number of amides is 2. The van der Waals surface area contributed by atoms with E-state index in [-0.39, 0.29) is 18.9 Å². The van der Waals surface area contributed by atoms with Gasteiger partial charge in [0.05, 0.1) is 5.92 Å². The molecule has 1 saturated heterocycles. The van der Waals surface area contributed by atoms with Gasteiger partial charge in [0.2, 0.25) is 5.91 Å². The number of carbonyl (C=O) groups excluding carboxylic acids is 3. The van der Waals surface area contributed by atoms with Gasteiger partial charge in [-0.15, -0.1) is 0 Å². The van der Waals surface area contributed by atoms with Crippen LogP contribution in [0.2, 0.25) is 5.02 Å². The zero-order chi connectivity index (χ0) is 21.1. The van der Waals surface area contributed by atoms with E-state index in [1.807, 2.05) is 45.0 Å². The maximum Gasteiger partial charge on any atom is 0.311 e. The highest BCUT2D eigenvalue weighted by atomic mass is 35.5. The van der Waals surface area contributed by atoms with Crippen molar-refractivity contribution in [1.29, 1.82) is 0 Å². The molecule has 152 valence electrons. The second-order valence-electron chi connectivity index (χ2n) is 7.37. The summed E-state index contributed by atoms with van der Waals surface area (Å²) in [5.41, 5.74) is 4.26. The molecule has 0 unspecified atom stereocenters. The molecule has 7 heteroatoms. The molecule has 0 aromatic heterocycles. The van der Waals surface area contributed by atoms with Crippen molar-refractivity contribution in [3.8, 4) is 0 Å². The van der Waals surface area contributed by atoms with Crippen LogP contribution in [0.1, 0.15) is 23.1 Å². The third-order valence-corrected chi connectivity index (χ3v) is 5.18. The maximum atomic E-state index is 12.3. The van der Waals surface area contributed by atoms with Crippen LogP contribution in [0.3, 0.4) is 0 Å². The van der Waals surface area contributed by atoms with E-state index >= 15 is 0 Å². The Morgan fingerprint density at radius 1 is 1.14 bits per heavy atom. The Bertz CT molecular complexity index is 953. The average molecular weight is 415 g/mol. The highest BCUT2D eigenvalue weighted by Gasteiger charge is 2.36. The molecule has 0 aliphatic carbocycles. The Labute approximate surface area is 174 Å². The van der Waals surface area contributed by atoms with Gasteiger partial charge in [0.1, 0.15) is 0 Å². The maximum absolute atomic E-state index is 12.3. The van der Waals surface area contributed by atoms with E-state index in [1.54, 1.807) is 12.1 Å². The van der Waals surface area contributed by atoms with Crippen LogP contribution in [0.5, 0.6) is 0 Å². The Morgan fingerprint density at radius 3 is 2.48 bits per heavy atom. The topological polar surface area (TPSA) is 75.7 Å². The summed E-state index contributed by atoms with van der Waals surface area (Å²) in [5, 5.41) is 3.28. The van der Waals surface area contributed by atoms with Crippen molar-refractivity contribution in [2.24, 2.45) is 5.92 Å². The number of aryl methyl sites for hydroxylation is 3. The van der Waals surface area contributed by atoms with Gasteiger partial charge in [-0.05, 0) is 61.7 Å². The number of benzene rings is 2. The number of esters is 1. The molecule has 0 saturated carbocycles. The summed E-state index contributed by atoms with van der Waals surface area (Å²) in [6.45, 7) is 5.56. The number of halogens is 1. The van der Waals surface area contributed by atoms with Gasteiger partial charge in [-0.25, -0.2) is 0 Å². The fourth-order valence-corrected chi connectivity index (χ4v) is 3.54. The molecule has 3 rings (SSSR count). The Hall–Kier alpha value is -2.86. The lowest BCUT2D eigenvalue weighted by Crippen LogP contribution is -2.28. The molecule has 0 radical (unpaired) electrons. The zero-order valence-electron chi connectivity index (χ0n) is 16.6. The molecule has 1 aliphatic heterocycles. The second kappa shape index (κ2) is 8.66. The van der Waals surface area contributed by atoms with Crippen LogP contribution in [-0.2, 0) is 19.1 Å². The van der Waals surface area contributed by atoms with Crippen LogP contribution >= 0.6 is 11.6 Å². The predicted molar refractivity (Wildman–Crippen MR) is 112 cm³/mol. The lowest BCUT2D eigenvalue weighted by molar-refractivity contribution is -0.151. The third-order valence-electron chi connectivity index (χ3n) is 4.78. The van der Waals surface area contributed by atoms with Crippen molar-refractivity contribution in [2.45, 2.75) is 27.2 Å². The van der Waals surface area contributed by atoms with Crippen LogP contribution < -0.4 is 10.2 Å². The molecule has 1 fully saturated rings. The van der Waals surface area contributed by atoms with Gasteiger partial charge in [-0.1, -0.05) is 23.7 Å². The minimum absolute atomic E-state index is 0.0447. The molecule has 1 aliphatic rings. The van der Waals surface area contributed by atoms with Gasteiger partial charge < -0.3 is 15.0 Å².